The molecule has 0 aliphatic carbocycles. The second kappa shape index (κ2) is 53.4. The van der Waals surface area contributed by atoms with Crippen LogP contribution in [0, 0.1) is 0 Å². The summed E-state index contributed by atoms with van der Waals surface area (Å²) in [5.41, 5.74) is 0. The van der Waals surface area contributed by atoms with E-state index < -0.39 is 12.1 Å². The SMILES string of the molecule is CCCCC/C=C\C/C=C\CCCCCCCCCCCC(=O)OCCCCC/C=C\C=C/CCCCCCCCC(=O)NC(CO)C(O)CCCCCCCCCCCCCCC. The summed E-state index contributed by atoms with van der Waals surface area (Å²) in [6, 6.07) is -0.558. The zero-order chi connectivity index (χ0) is 46.5. The van der Waals surface area contributed by atoms with E-state index in [0.717, 1.165) is 83.5 Å². The second-order valence-corrected chi connectivity index (χ2v) is 18.9. The largest absolute Gasteiger partial charge is 0.466 e. The van der Waals surface area contributed by atoms with Gasteiger partial charge >= 0.3 is 5.97 Å². The molecule has 0 aliphatic heterocycles. The first-order valence-electron chi connectivity index (χ1n) is 27.9. The van der Waals surface area contributed by atoms with Gasteiger partial charge in [0, 0.05) is 12.8 Å². The van der Waals surface area contributed by atoms with Gasteiger partial charge in [-0.25, -0.2) is 0 Å². The fourth-order valence-electron chi connectivity index (χ4n) is 8.31. The van der Waals surface area contributed by atoms with Gasteiger partial charge in [0.2, 0.25) is 5.91 Å². The van der Waals surface area contributed by atoms with E-state index in [0.29, 0.717) is 25.9 Å². The number of aliphatic hydroxyl groups excluding tert-OH is 2. The summed E-state index contributed by atoms with van der Waals surface area (Å²) < 4.78 is 5.46. The Kier molecular flexibility index (Phi) is 51.6. The van der Waals surface area contributed by atoms with Crippen molar-refractivity contribution in [2.45, 2.75) is 296 Å². The fraction of sp³-hybridized carbons (Fsp3) is 0.828. The Morgan fingerprint density at radius 2 is 0.828 bits per heavy atom. The van der Waals surface area contributed by atoms with Crippen molar-refractivity contribution in [2.75, 3.05) is 13.2 Å². The van der Waals surface area contributed by atoms with Crippen LogP contribution in [0.5, 0.6) is 0 Å². The first kappa shape index (κ1) is 61.8. The molecule has 2 unspecified atom stereocenters. The van der Waals surface area contributed by atoms with E-state index in [2.05, 4.69) is 67.8 Å². The van der Waals surface area contributed by atoms with Crippen LogP contribution in [-0.2, 0) is 14.3 Å². The number of allylic oxidation sites excluding steroid dienone is 8. The van der Waals surface area contributed by atoms with Crippen LogP contribution in [0.1, 0.15) is 284 Å². The molecule has 0 aromatic rings. The van der Waals surface area contributed by atoms with E-state index in [1.807, 2.05) is 0 Å². The minimum Gasteiger partial charge on any atom is -0.466 e. The van der Waals surface area contributed by atoms with E-state index in [4.69, 9.17) is 4.74 Å². The molecule has 0 radical (unpaired) electrons. The highest BCUT2D eigenvalue weighted by Gasteiger charge is 2.20. The number of aliphatic hydroxyl groups is 2. The van der Waals surface area contributed by atoms with Crippen molar-refractivity contribution in [1.82, 2.24) is 5.32 Å². The predicted octanol–water partition coefficient (Wildman–Crippen LogP) is 17.0. The summed E-state index contributed by atoms with van der Waals surface area (Å²) in [4.78, 5) is 24.5. The van der Waals surface area contributed by atoms with Crippen molar-refractivity contribution in [3.63, 3.8) is 0 Å². The zero-order valence-corrected chi connectivity index (χ0v) is 42.5. The number of rotatable bonds is 51. The molecule has 0 heterocycles. The molecule has 0 fully saturated rings. The van der Waals surface area contributed by atoms with Crippen LogP contribution in [0.25, 0.3) is 0 Å². The molecular formula is C58H107NO5. The quantitative estimate of drug-likeness (QED) is 0.0245. The lowest BCUT2D eigenvalue weighted by atomic mass is 10.0. The molecule has 2 atom stereocenters. The minimum absolute atomic E-state index is 0.0260. The minimum atomic E-state index is -0.679. The van der Waals surface area contributed by atoms with Crippen molar-refractivity contribution in [3.05, 3.63) is 48.6 Å². The number of unbranched alkanes of at least 4 members (excludes halogenated alkanes) is 33. The van der Waals surface area contributed by atoms with Gasteiger partial charge in [0.25, 0.3) is 0 Å². The summed E-state index contributed by atoms with van der Waals surface area (Å²) in [6.07, 6.45) is 66.6. The topological polar surface area (TPSA) is 95.9 Å². The number of ether oxygens (including phenoxy) is 1. The monoisotopic (exact) mass is 898 g/mol. The zero-order valence-electron chi connectivity index (χ0n) is 42.5. The maximum absolute atomic E-state index is 12.4. The van der Waals surface area contributed by atoms with Crippen molar-refractivity contribution in [2.24, 2.45) is 0 Å². The van der Waals surface area contributed by atoms with Gasteiger partial charge < -0.3 is 20.3 Å². The molecule has 0 bridgehead atoms. The third-order valence-corrected chi connectivity index (χ3v) is 12.6. The maximum atomic E-state index is 12.4. The molecule has 0 spiro atoms. The Hall–Kier alpha value is -2.18. The maximum Gasteiger partial charge on any atom is 0.305 e. The molecule has 0 aliphatic rings. The predicted molar refractivity (Wildman–Crippen MR) is 278 cm³/mol. The number of hydrogen-bond donors (Lipinski definition) is 3. The Balaban J connectivity index is 3.51. The van der Waals surface area contributed by atoms with Crippen LogP contribution in [0.4, 0.5) is 0 Å². The Bertz CT molecular complexity index is 1080. The summed E-state index contributed by atoms with van der Waals surface area (Å²) in [6.45, 7) is 4.86. The van der Waals surface area contributed by atoms with E-state index in [1.165, 1.54) is 167 Å². The molecule has 6 nitrogen and oxygen atoms in total. The highest BCUT2D eigenvalue weighted by Crippen LogP contribution is 2.16. The van der Waals surface area contributed by atoms with E-state index in [-0.39, 0.29) is 18.5 Å². The molecule has 0 saturated carbocycles. The molecule has 0 saturated heterocycles. The number of amides is 1. The van der Waals surface area contributed by atoms with Crippen LogP contribution >= 0.6 is 0 Å². The smallest absolute Gasteiger partial charge is 0.305 e. The van der Waals surface area contributed by atoms with Gasteiger partial charge in [-0.1, -0.05) is 229 Å². The Morgan fingerprint density at radius 1 is 0.453 bits per heavy atom. The molecule has 374 valence electrons. The lowest BCUT2D eigenvalue weighted by Gasteiger charge is -2.22. The summed E-state index contributed by atoms with van der Waals surface area (Å²) in [5.74, 6) is -0.0846. The highest BCUT2D eigenvalue weighted by atomic mass is 16.5. The van der Waals surface area contributed by atoms with E-state index in [1.54, 1.807) is 0 Å². The van der Waals surface area contributed by atoms with Crippen LogP contribution in [-0.4, -0.2) is 47.4 Å². The Morgan fingerprint density at radius 3 is 1.31 bits per heavy atom. The first-order valence-corrected chi connectivity index (χ1v) is 27.9. The second-order valence-electron chi connectivity index (χ2n) is 18.9. The number of hydrogen-bond acceptors (Lipinski definition) is 5. The van der Waals surface area contributed by atoms with Gasteiger partial charge in [-0.3, -0.25) is 9.59 Å². The van der Waals surface area contributed by atoms with Gasteiger partial charge in [0.05, 0.1) is 25.4 Å². The van der Waals surface area contributed by atoms with Crippen molar-refractivity contribution in [1.29, 1.82) is 0 Å². The number of nitrogens with one attached hydrogen (secondary N) is 1. The molecule has 64 heavy (non-hydrogen) atoms. The summed E-state index contributed by atoms with van der Waals surface area (Å²) >= 11 is 0. The van der Waals surface area contributed by atoms with Gasteiger partial charge in [0.1, 0.15) is 0 Å². The van der Waals surface area contributed by atoms with Crippen molar-refractivity contribution < 1.29 is 24.5 Å². The first-order chi connectivity index (χ1) is 31.5. The third-order valence-electron chi connectivity index (χ3n) is 12.6. The lowest BCUT2D eigenvalue weighted by molar-refractivity contribution is -0.143. The van der Waals surface area contributed by atoms with Gasteiger partial charge in [0.15, 0.2) is 0 Å². The third kappa shape index (κ3) is 49.3. The summed E-state index contributed by atoms with van der Waals surface area (Å²) in [7, 11) is 0. The number of carbonyl (C=O) groups is 2. The van der Waals surface area contributed by atoms with Gasteiger partial charge in [-0.05, 0) is 89.9 Å². The average molecular weight is 898 g/mol. The number of esters is 1. The highest BCUT2D eigenvalue weighted by molar-refractivity contribution is 5.76. The molecule has 6 heteroatoms. The van der Waals surface area contributed by atoms with Crippen LogP contribution < -0.4 is 5.32 Å². The van der Waals surface area contributed by atoms with Crippen molar-refractivity contribution in [3.8, 4) is 0 Å². The fourth-order valence-corrected chi connectivity index (χ4v) is 8.31. The molecule has 0 aromatic heterocycles. The van der Waals surface area contributed by atoms with Crippen LogP contribution in [0.15, 0.2) is 48.6 Å². The lowest BCUT2D eigenvalue weighted by Crippen LogP contribution is -2.45. The molecule has 0 rings (SSSR count). The van der Waals surface area contributed by atoms with Crippen LogP contribution in [0.2, 0.25) is 0 Å². The molecular weight excluding hydrogens is 791 g/mol. The Labute approximate surface area is 397 Å². The van der Waals surface area contributed by atoms with E-state index >= 15 is 0 Å². The number of carbonyl (C=O) groups excluding carboxylic acids is 2. The molecule has 1 amide bonds. The average Bonchev–Trinajstić information content (AvgIpc) is 3.29. The van der Waals surface area contributed by atoms with Crippen LogP contribution in [0.3, 0.4) is 0 Å². The molecule has 3 N–H and O–H groups in total. The molecule has 0 aromatic carbocycles. The van der Waals surface area contributed by atoms with Gasteiger partial charge in [-0.2, -0.15) is 0 Å². The summed E-state index contributed by atoms with van der Waals surface area (Å²) in [5, 5.41) is 23.2. The van der Waals surface area contributed by atoms with Gasteiger partial charge in [-0.15, -0.1) is 0 Å². The van der Waals surface area contributed by atoms with Crippen molar-refractivity contribution >= 4 is 11.9 Å². The standard InChI is InChI=1S/C58H107NO5/c1-3-5-7-9-11-13-15-17-18-19-20-21-24-28-32-36-40-44-48-52-58(63)64-53-49-45-41-37-33-29-25-22-23-27-31-35-39-43-47-51-57(62)59-55(54-60)56(61)50-46-42-38-34-30-26-16-14-12-10-8-6-4-2/h11,13,17-18,22,25,29,33,55-56,60-61H,3-10,12,14-16,19-21,23-24,26-28,30-32,34-54H2,1-2H3,(H,59,62)/b13-11-,18-17-,25-22-,33-29-. The normalized spacial score (nSPS) is 13.0. The van der Waals surface area contributed by atoms with E-state index in [9.17, 15) is 19.8 Å².